The van der Waals surface area contributed by atoms with Crippen LogP contribution in [0.2, 0.25) is 0 Å². The third-order valence-electron chi connectivity index (χ3n) is 3.35. The number of hydrogen-bond donors (Lipinski definition) is 1. The molecule has 1 saturated heterocycles. The Balaban J connectivity index is 2.13. The van der Waals surface area contributed by atoms with Crippen LogP contribution < -0.4 is 5.32 Å². The Bertz CT molecular complexity index is 439. The summed E-state index contributed by atoms with van der Waals surface area (Å²) in [6.07, 6.45) is 1.73. The van der Waals surface area contributed by atoms with Crippen LogP contribution in [0.4, 0.5) is 8.78 Å². The van der Waals surface area contributed by atoms with Gasteiger partial charge in [0.05, 0.1) is 5.54 Å². The van der Waals surface area contributed by atoms with Crippen LogP contribution in [-0.4, -0.2) is 17.9 Å². The number of hydrogen-bond acceptors (Lipinski definition) is 2. The lowest BCUT2D eigenvalue weighted by atomic mass is 9.90. The molecule has 1 aromatic rings. The molecule has 1 N–H and O–H groups in total. The van der Waals surface area contributed by atoms with Gasteiger partial charge in [-0.15, -0.1) is 0 Å². The molecule has 17 heavy (non-hydrogen) atoms. The second-order valence-corrected chi connectivity index (χ2v) is 4.70. The van der Waals surface area contributed by atoms with E-state index in [1.807, 2.05) is 6.92 Å². The highest BCUT2D eigenvalue weighted by Gasteiger charge is 2.35. The fourth-order valence-electron chi connectivity index (χ4n) is 2.17. The molecule has 1 aliphatic rings. The van der Waals surface area contributed by atoms with Gasteiger partial charge in [-0.25, -0.2) is 8.78 Å². The van der Waals surface area contributed by atoms with Crippen LogP contribution in [-0.2, 0) is 11.2 Å². The zero-order valence-electron chi connectivity index (χ0n) is 9.72. The second-order valence-electron chi connectivity index (χ2n) is 4.70. The van der Waals surface area contributed by atoms with Crippen molar-refractivity contribution in [2.45, 2.75) is 31.7 Å². The standard InChI is InChI=1S/C13H15F2NO/c1-13(5-2-6-16-13)12(17)7-9-3-4-10(14)8-11(9)15/h3-4,8,16H,2,5-7H2,1H3. The van der Waals surface area contributed by atoms with E-state index in [2.05, 4.69) is 5.32 Å². The van der Waals surface area contributed by atoms with Gasteiger partial charge in [-0.2, -0.15) is 0 Å². The molecule has 1 aromatic carbocycles. The number of carbonyl (C=O) groups excluding carboxylic acids is 1. The van der Waals surface area contributed by atoms with Gasteiger partial charge in [0.25, 0.3) is 0 Å². The van der Waals surface area contributed by atoms with Crippen molar-refractivity contribution in [2.75, 3.05) is 6.54 Å². The molecule has 1 fully saturated rings. The summed E-state index contributed by atoms with van der Waals surface area (Å²) in [4.78, 5) is 12.1. The molecule has 0 saturated carbocycles. The van der Waals surface area contributed by atoms with E-state index < -0.39 is 17.2 Å². The van der Waals surface area contributed by atoms with Gasteiger partial charge in [-0.1, -0.05) is 6.07 Å². The van der Waals surface area contributed by atoms with Crippen molar-refractivity contribution >= 4 is 5.78 Å². The minimum Gasteiger partial charge on any atom is -0.305 e. The molecule has 0 aliphatic carbocycles. The highest BCUT2D eigenvalue weighted by atomic mass is 19.1. The first kappa shape index (κ1) is 12.2. The molecule has 1 aliphatic heterocycles. The average molecular weight is 239 g/mol. The molecule has 2 nitrogen and oxygen atoms in total. The maximum Gasteiger partial charge on any atom is 0.157 e. The summed E-state index contributed by atoms with van der Waals surface area (Å²) >= 11 is 0. The van der Waals surface area contributed by atoms with E-state index in [1.165, 1.54) is 12.1 Å². The number of Topliss-reactive ketones (excluding diaryl/α,β-unsaturated/α-hetero) is 1. The Morgan fingerprint density at radius 2 is 2.24 bits per heavy atom. The van der Waals surface area contributed by atoms with Gasteiger partial charge in [-0.05, 0) is 37.9 Å². The summed E-state index contributed by atoms with van der Waals surface area (Å²) in [5.41, 5.74) is -0.299. The summed E-state index contributed by atoms with van der Waals surface area (Å²) in [7, 11) is 0. The van der Waals surface area contributed by atoms with E-state index in [9.17, 15) is 13.6 Å². The summed E-state index contributed by atoms with van der Waals surface area (Å²) < 4.78 is 26.1. The first-order valence-electron chi connectivity index (χ1n) is 5.73. The molecule has 0 aromatic heterocycles. The zero-order chi connectivity index (χ0) is 12.5. The van der Waals surface area contributed by atoms with Crippen molar-refractivity contribution in [2.24, 2.45) is 0 Å². The molecule has 1 atom stereocenters. The average Bonchev–Trinajstić information content (AvgIpc) is 2.71. The zero-order valence-corrected chi connectivity index (χ0v) is 9.72. The number of carbonyl (C=O) groups is 1. The van der Waals surface area contributed by atoms with Gasteiger partial charge in [0, 0.05) is 12.5 Å². The van der Waals surface area contributed by atoms with Crippen molar-refractivity contribution in [3.8, 4) is 0 Å². The molecule has 1 unspecified atom stereocenters. The van der Waals surface area contributed by atoms with Gasteiger partial charge in [0.1, 0.15) is 11.6 Å². The molecule has 0 bridgehead atoms. The van der Waals surface area contributed by atoms with Crippen molar-refractivity contribution in [3.63, 3.8) is 0 Å². The van der Waals surface area contributed by atoms with Gasteiger partial charge in [-0.3, -0.25) is 4.79 Å². The summed E-state index contributed by atoms with van der Waals surface area (Å²) in [5.74, 6) is -1.32. The topological polar surface area (TPSA) is 29.1 Å². The first-order valence-corrected chi connectivity index (χ1v) is 5.73. The lowest BCUT2D eigenvalue weighted by Crippen LogP contribution is -2.45. The third-order valence-corrected chi connectivity index (χ3v) is 3.35. The highest BCUT2D eigenvalue weighted by molar-refractivity contribution is 5.90. The normalized spacial score (nSPS) is 23.9. The number of nitrogens with one attached hydrogen (secondary N) is 1. The van der Waals surface area contributed by atoms with Crippen LogP contribution in [0.3, 0.4) is 0 Å². The number of rotatable bonds is 3. The van der Waals surface area contributed by atoms with Crippen LogP contribution in [0.5, 0.6) is 0 Å². The van der Waals surface area contributed by atoms with Gasteiger partial charge in [0.15, 0.2) is 5.78 Å². The third kappa shape index (κ3) is 2.52. The molecular weight excluding hydrogens is 224 g/mol. The van der Waals surface area contributed by atoms with E-state index in [0.717, 1.165) is 25.5 Å². The van der Waals surface area contributed by atoms with Crippen molar-refractivity contribution in [1.29, 1.82) is 0 Å². The predicted molar refractivity (Wildman–Crippen MR) is 60.7 cm³/mol. The SMILES string of the molecule is CC1(C(=O)Cc2ccc(F)cc2F)CCCN1. The van der Waals surface area contributed by atoms with Gasteiger partial charge < -0.3 is 5.32 Å². The number of ketones is 1. The summed E-state index contributed by atoms with van der Waals surface area (Å²) in [5, 5.41) is 3.14. The van der Waals surface area contributed by atoms with Crippen LogP contribution in [0.1, 0.15) is 25.3 Å². The smallest absolute Gasteiger partial charge is 0.157 e. The van der Waals surface area contributed by atoms with Crippen LogP contribution in [0, 0.1) is 11.6 Å². The Morgan fingerprint density at radius 1 is 1.47 bits per heavy atom. The van der Waals surface area contributed by atoms with E-state index in [1.54, 1.807) is 0 Å². The second kappa shape index (κ2) is 4.53. The predicted octanol–water partition coefficient (Wildman–Crippen LogP) is 2.22. The summed E-state index contributed by atoms with van der Waals surface area (Å²) in [6.45, 7) is 2.65. The first-order chi connectivity index (χ1) is 8.01. The Morgan fingerprint density at radius 3 is 2.82 bits per heavy atom. The molecule has 0 radical (unpaired) electrons. The Kier molecular flexibility index (Phi) is 3.24. The van der Waals surface area contributed by atoms with Crippen molar-refractivity contribution in [1.82, 2.24) is 5.32 Å². The monoisotopic (exact) mass is 239 g/mol. The highest BCUT2D eigenvalue weighted by Crippen LogP contribution is 2.22. The molecule has 0 amide bonds. The fourth-order valence-corrected chi connectivity index (χ4v) is 2.17. The van der Waals surface area contributed by atoms with Crippen LogP contribution in [0.15, 0.2) is 18.2 Å². The maximum absolute atomic E-state index is 13.4. The molecule has 4 heteroatoms. The quantitative estimate of drug-likeness (QED) is 0.876. The van der Waals surface area contributed by atoms with Crippen LogP contribution >= 0.6 is 0 Å². The van der Waals surface area contributed by atoms with E-state index in [4.69, 9.17) is 0 Å². The molecule has 92 valence electrons. The lowest BCUT2D eigenvalue weighted by molar-refractivity contribution is -0.123. The fraction of sp³-hybridized carbons (Fsp3) is 0.462. The molecule has 1 heterocycles. The van der Waals surface area contributed by atoms with Crippen LogP contribution in [0.25, 0.3) is 0 Å². The molecule has 0 spiro atoms. The minimum absolute atomic E-state index is 0.00954. The largest absolute Gasteiger partial charge is 0.305 e. The Hall–Kier alpha value is -1.29. The van der Waals surface area contributed by atoms with Crippen molar-refractivity contribution in [3.05, 3.63) is 35.4 Å². The number of halogens is 2. The Labute approximate surface area is 99.0 Å². The minimum atomic E-state index is -0.653. The maximum atomic E-state index is 13.4. The van der Waals surface area contributed by atoms with Crippen molar-refractivity contribution < 1.29 is 13.6 Å². The van der Waals surface area contributed by atoms with E-state index in [0.29, 0.717) is 0 Å². The lowest BCUT2D eigenvalue weighted by Gasteiger charge is -2.22. The van der Waals surface area contributed by atoms with Gasteiger partial charge in [0.2, 0.25) is 0 Å². The number of benzene rings is 1. The van der Waals surface area contributed by atoms with E-state index in [-0.39, 0.29) is 17.8 Å². The summed E-state index contributed by atoms with van der Waals surface area (Å²) in [6, 6.07) is 3.32. The van der Waals surface area contributed by atoms with E-state index >= 15 is 0 Å². The molecular formula is C13H15F2NO. The molecule has 2 rings (SSSR count). The van der Waals surface area contributed by atoms with Gasteiger partial charge >= 0.3 is 0 Å².